The van der Waals surface area contributed by atoms with E-state index in [1.54, 1.807) is 0 Å². The number of nitrogens with one attached hydrogen (secondary N) is 1. The molecule has 0 fully saturated rings. The summed E-state index contributed by atoms with van der Waals surface area (Å²) in [7, 11) is 2.90. The van der Waals surface area contributed by atoms with Crippen molar-refractivity contribution in [3.8, 4) is 0 Å². The summed E-state index contributed by atoms with van der Waals surface area (Å²) in [5.74, 6) is 0. The SMILES string of the molecule is Cn1c(=O)c(=O)n(C)c2cc([N+](=O)[O-])c(NCc3cccs3)cc21. The molecule has 1 aromatic carbocycles. The summed E-state index contributed by atoms with van der Waals surface area (Å²) in [6.07, 6.45) is 0. The first-order chi connectivity index (χ1) is 11.4. The van der Waals surface area contributed by atoms with Crippen LogP contribution in [0.25, 0.3) is 11.0 Å². The number of fused-ring (bicyclic) bond motifs is 1. The second-order valence-corrected chi connectivity index (χ2v) is 6.31. The predicted molar refractivity (Wildman–Crippen MR) is 92.7 cm³/mol. The molecule has 1 N–H and O–H groups in total. The van der Waals surface area contributed by atoms with Gasteiger partial charge in [-0.2, -0.15) is 0 Å². The number of nitrogens with zero attached hydrogens (tertiary/aromatic N) is 3. The molecule has 0 unspecified atom stereocenters. The third-order valence-corrected chi connectivity index (χ3v) is 4.71. The summed E-state index contributed by atoms with van der Waals surface area (Å²) >= 11 is 1.54. The lowest BCUT2D eigenvalue weighted by Gasteiger charge is -2.12. The normalized spacial score (nSPS) is 10.9. The van der Waals surface area contributed by atoms with Crippen LogP contribution >= 0.6 is 11.3 Å². The van der Waals surface area contributed by atoms with Crippen LogP contribution in [0.2, 0.25) is 0 Å². The standard InChI is InChI=1S/C15H14N4O4S/c1-17-12-6-10(16-8-9-4-3-5-24-9)11(19(22)23)7-13(12)18(2)15(21)14(17)20/h3-7,16H,8H2,1-2H3. The van der Waals surface area contributed by atoms with E-state index >= 15 is 0 Å². The molecule has 0 aliphatic heterocycles. The van der Waals surface area contributed by atoms with E-state index in [9.17, 15) is 19.7 Å². The Kier molecular flexibility index (Phi) is 3.94. The Morgan fingerprint density at radius 1 is 1.17 bits per heavy atom. The number of benzene rings is 1. The van der Waals surface area contributed by atoms with Crippen LogP contribution in [-0.4, -0.2) is 14.1 Å². The molecule has 0 radical (unpaired) electrons. The van der Waals surface area contributed by atoms with E-state index in [-0.39, 0.29) is 5.69 Å². The highest BCUT2D eigenvalue weighted by molar-refractivity contribution is 7.09. The lowest BCUT2D eigenvalue weighted by molar-refractivity contribution is -0.383. The van der Waals surface area contributed by atoms with Gasteiger partial charge in [0.05, 0.1) is 16.0 Å². The van der Waals surface area contributed by atoms with Crippen molar-refractivity contribution in [2.75, 3.05) is 5.32 Å². The zero-order valence-corrected chi connectivity index (χ0v) is 13.8. The molecule has 2 heterocycles. The number of nitro groups is 1. The molecule has 0 aliphatic rings. The molecule has 3 rings (SSSR count). The first-order valence-corrected chi connectivity index (χ1v) is 7.92. The number of anilines is 1. The molecule has 0 saturated carbocycles. The Hall–Kier alpha value is -2.94. The van der Waals surface area contributed by atoms with Crippen LogP contribution in [0.5, 0.6) is 0 Å². The van der Waals surface area contributed by atoms with Crippen LogP contribution < -0.4 is 16.4 Å². The Labute approximate surface area is 139 Å². The van der Waals surface area contributed by atoms with Crippen molar-refractivity contribution in [2.45, 2.75) is 6.54 Å². The van der Waals surface area contributed by atoms with E-state index in [4.69, 9.17) is 0 Å². The van der Waals surface area contributed by atoms with Crippen molar-refractivity contribution in [3.63, 3.8) is 0 Å². The molecule has 124 valence electrons. The van der Waals surface area contributed by atoms with Gasteiger partial charge in [0, 0.05) is 31.6 Å². The number of thiophene rings is 1. The highest BCUT2D eigenvalue weighted by Crippen LogP contribution is 2.29. The van der Waals surface area contributed by atoms with E-state index in [0.29, 0.717) is 23.3 Å². The van der Waals surface area contributed by atoms with E-state index in [1.807, 2.05) is 17.5 Å². The molecule has 0 atom stereocenters. The van der Waals surface area contributed by atoms with Crippen LogP contribution in [0.4, 0.5) is 11.4 Å². The molecule has 0 saturated heterocycles. The lowest BCUT2D eigenvalue weighted by Crippen LogP contribution is -2.39. The molecule has 3 aromatic rings. The van der Waals surface area contributed by atoms with Crippen LogP contribution in [-0.2, 0) is 20.6 Å². The fraction of sp³-hybridized carbons (Fsp3) is 0.200. The van der Waals surface area contributed by atoms with Crippen LogP contribution in [0.3, 0.4) is 0 Å². The first kappa shape index (κ1) is 15.9. The molecular formula is C15H14N4O4S. The highest BCUT2D eigenvalue weighted by Gasteiger charge is 2.19. The van der Waals surface area contributed by atoms with E-state index in [2.05, 4.69) is 5.32 Å². The van der Waals surface area contributed by atoms with Crippen molar-refractivity contribution >= 4 is 33.7 Å². The van der Waals surface area contributed by atoms with Crippen molar-refractivity contribution < 1.29 is 4.92 Å². The number of aromatic nitrogens is 2. The van der Waals surface area contributed by atoms with Gasteiger partial charge in [0.2, 0.25) is 0 Å². The maximum Gasteiger partial charge on any atom is 0.316 e. The van der Waals surface area contributed by atoms with Crippen molar-refractivity contribution in [1.82, 2.24) is 9.13 Å². The van der Waals surface area contributed by atoms with E-state index in [0.717, 1.165) is 9.44 Å². The van der Waals surface area contributed by atoms with Crippen molar-refractivity contribution in [1.29, 1.82) is 0 Å². The fourth-order valence-electron chi connectivity index (χ4n) is 2.50. The maximum atomic E-state index is 12.0. The van der Waals surface area contributed by atoms with Crippen molar-refractivity contribution in [3.05, 3.63) is 65.3 Å². The van der Waals surface area contributed by atoms with Crippen LogP contribution in [0.15, 0.2) is 39.2 Å². The second-order valence-electron chi connectivity index (χ2n) is 5.28. The number of rotatable bonds is 4. The highest BCUT2D eigenvalue weighted by atomic mass is 32.1. The van der Waals surface area contributed by atoms with Crippen LogP contribution in [0, 0.1) is 10.1 Å². The Morgan fingerprint density at radius 2 is 1.79 bits per heavy atom. The summed E-state index contributed by atoms with van der Waals surface area (Å²) < 4.78 is 2.34. The number of nitro benzene ring substituents is 1. The number of hydrogen-bond acceptors (Lipinski definition) is 6. The minimum Gasteiger partial charge on any atom is -0.375 e. The Morgan fingerprint density at radius 3 is 2.33 bits per heavy atom. The molecule has 2 aromatic heterocycles. The monoisotopic (exact) mass is 346 g/mol. The zero-order chi connectivity index (χ0) is 17.4. The minimum absolute atomic E-state index is 0.146. The average molecular weight is 346 g/mol. The average Bonchev–Trinajstić information content (AvgIpc) is 3.08. The summed E-state index contributed by atoms with van der Waals surface area (Å²) in [4.78, 5) is 35.8. The third kappa shape index (κ3) is 2.58. The van der Waals surface area contributed by atoms with Gasteiger partial charge in [-0.3, -0.25) is 19.7 Å². The minimum atomic E-state index is -0.724. The molecule has 0 bridgehead atoms. The van der Waals surface area contributed by atoms with Gasteiger partial charge in [-0.05, 0) is 17.5 Å². The molecular weight excluding hydrogens is 332 g/mol. The molecule has 0 spiro atoms. The van der Waals surface area contributed by atoms with E-state index < -0.39 is 16.0 Å². The summed E-state index contributed by atoms with van der Waals surface area (Å²) in [5, 5.41) is 16.3. The third-order valence-electron chi connectivity index (χ3n) is 3.84. The summed E-state index contributed by atoms with van der Waals surface area (Å²) in [6, 6.07) is 6.66. The van der Waals surface area contributed by atoms with Gasteiger partial charge >= 0.3 is 11.1 Å². The molecule has 9 heteroatoms. The fourth-order valence-corrected chi connectivity index (χ4v) is 3.14. The van der Waals surface area contributed by atoms with Gasteiger partial charge in [-0.1, -0.05) is 6.07 Å². The van der Waals surface area contributed by atoms with Gasteiger partial charge < -0.3 is 14.5 Å². The number of hydrogen-bond donors (Lipinski definition) is 1. The Balaban J connectivity index is 2.20. The van der Waals surface area contributed by atoms with Gasteiger partial charge in [-0.15, -0.1) is 11.3 Å². The Bertz CT molecular complexity index is 1050. The van der Waals surface area contributed by atoms with Gasteiger partial charge in [-0.25, -0.2) is 0 Å². The largest absolute Gasteiger partial charge is 0.375 e. The van der Waals surface area contributed by atoms with Gasteiger partial charge in [0.15, 0.2) is 0 Å². The van der Waals surface area contributed by atoms with Gasteiger partial charge in [0.25, 0.3) is 5.69 Å². The summed E-state index contributed by atoms with van der Waals surface area (Å²) in [6.45, 7) is 0.434. The quantitative estimate of drug-likeness (QED) is 0.441. The summed E-state index contributed by atoms with van der Waals surface area (Å²) in [5.41, 5.74) is -0.472. The molecule has 0 aliphatic carbocycles. The van der Waals surface area contributed by atoms with Crippen molar-refractivity contribution in [2.24, 2.45) is 14.1 Å². The first-order valence-electron chi connectivity index (χ1n) is 7.04. The molecule has 24 heavy (non-hydrogen) atoms. The molecule has 0 amide bonds. The zero-order valence-electron chi connectivity index (χ0n) is 13.0. The van der Waals surface area contributed by atoms with Gasteiger partial charge in [0.1, 0.15) is 5.69 Å². The molecule has 8 nitrogen and oxygen atoms in total. The predicted octanol–water partition coefficient (Wildman–Crippen LogP) is 1.82. The maximum absolute atomic E-state index is 12.0. The second kappa shape index (κ2) is 5.93. The number of aryl methyl sites for hydroxylation is 2. The topological polar surface area (TPSA) is 99.2 Å². The smallest absolute Gasteiger partial charge is 0.316 e. The van der Waals surface area contributed by atoms with Crippen LogP contribution in [0.1, 0.15) is 4.88 Å². The lowest BCUT2D eigenvalue weighted by atomic mass is 10.2. The van der Waals surface area contributed by atoms with E-state index in [1.165, 1.54) is 42.1 Å².